The van der Waals surface area contributed by atoms with Crippen molar-refractivity contribution in [3.63, 3.8) is 0 Å². The van der Waals surface area contributed by atoms with E-state index in [0.29, 0.717) is 0 Å². The van der Waals surface area contributed by atoms with E-state index in [4.69, 9.17) is 9.31 Å². The Labute approximate surface area is 158 Å². The van der Waals surface area contributed by atoms with Crippen LogP contribution in [-0.4, -0.2) is 28.3 Å². The molecule has 0 amide bonds. The largest absolute Gasteiger partial charge is 0.496 e. The Morgan fingerprint density at radius 2 is 1.72 bits per heavy atom. The standard InChI is InChI=1S/C17H24BN3O2S2/c1-10-14(21-25-15-11(2)20-12(3)24-15)8-13(9-19-10)18-22-16(4,5)17(6,7)23-18/h8-9,21H,1-7H3. The number of hydrogen-bond donors (Lipinski definition) is 1. The van der Waals surface area contributed by atoms with Gasteiger partial charge >= 0.3 is 7.12 Å². The number of rotatable bonds is 4. The number of pyridine rings is 1. The fourth-order valence-corrected chi connectivity index (χ4v) is 4.37. The molecule has 5 nitrogen and oxygen atoms in total. The molecule has 3 heterocycles. The second-order valence-electron chi connectivity index (χ2n) is 7.30. The Morgan fingerprint density at radius 3 is 2.28 bits per heavy atom. The van der Waals surface area contributed by atoms with Crippen molar-refractivity contribution in [2.75, 3.05) is 4.72 Å². The number of aryl methyl sites for hydroxylation is 3. The first-order valence-electron chi connectivity index (χ1n) is 8.28. The molecule has 0 aliphatic carbocycles. The number of thiazole rings is 1. The van der Waals surface area contributed by atoms with Crippen LogP contribution in [0.25, 0.3) is 0 Å². The summed E-state index contributed by atoms with van der Waals surface area (Å²) in [6.45, 7) is 14.3. The molecular formula is C17H24BN3O2S2. The van der Waals surface area contributed by atoms with Gasteiger partial charge in [-0.25, -0.2) is 4.98 Å². The summed E-state index contributed by atoms with van der Waals surface area (Å²) in [6, 6.07) is 2.06. The Bertz CT molecular complexity index is 776. The predicted octanol–water partition coefficient (Wildman–Crippen LogP) is 3.88. The van der Waals surface area contributed by atoms with Crippen LogP contribution in [0, 0.1) is 20.8 Å². The quantitative estimate of drug-likeness (QED) is 0.645. The minimum atomic E-state index is -0.406. The highest BCUT2D eigenvalue weighted by Crippen LogP contribution is 2.37. The zero-order valence-corrected chi connectivity index (χ0v) is 17.4. The second-order valence-corrected chi connectivity index (χ2v) is 9.58. The number of nitrogens with one attached hydrogen (secondary N) is 1. The lowest BCUT2D eigenvalue weighted by atomic mass is 9.80. The molecule has 0 unspecified atom stereocenters. The zero-order chi connectivity index (χ0) is 18.4. The maximum atomic E-state index is 6.13. The molecule has 134 valence electrons. The molecule has 1 aliphatic rings. The Kier molecular flexibility index (Phi) is 4.92. The summed E-state index contributed by atoms with van der Waals surface area (Å²) in [4.78, 5) is 8.97. The van der Waals surface area contributed by atoms with E-state index >= 15 is 0 Å². The van der Waals surface area contributed by atoms with Crippen molar-refractivity contribution in [3.8, 4) is 0 Å². The van der Waals surface area contributed by atoms with Gasteiger partial charge in [-0.2, -0.15) is 0 Å². The Hall–Kier alpha value is -1.09. The van der Waals surface area contributed by atoms with Crippen LogP contribution in [-0.2, 0) is 9.31 Å². The van der Waals surface area contributed by atoms with E-state index in [1.54, 1.807) is 23.3 Å². The summed E-state index contributed by atoms with van der Waals surface area (Å²) in [7, 11) is -0.406. The van der Waals surface area contributed by atoms with Crippen molar-refractivity contribution in [2.24, 2.45) is 0 Å². The van der Waals surface area contributed by atoms with Crippen molar-refractivity contribution in [1.82, 2.24) is 9.97 Å². The minimum Gasteiger partial charge on any atom is -0.399 e. The topological polar surface area (TPSA) is 56.3 Å². The van der Waals surface area contributed by atoms with Crippen LogP contribution < -0.4 is 10.2 Å². The van der Waals surface area contributed by atoms with Crippen molar-refractivity contribution in [2.45, 2.75) is 63.9 Å². The molecule has 2 aromatic rings. The van der Waals surface area contributed by atoms with Gasteiger partial charge in [0.1, 0.15) is 4.21 Å². The van der Waals surface area contributed by atoms with E-state index < -0.39 is 7.12 Å². The van der Waals surface area contributed by atoms with Gasteiger partial charge in [-0.3, -0.25) is 4.98 Å². The summed E-state index contributed by atoms with van der Waals surface area (Å²) in [6.07, 6.45) is 1.83. The molecule has 1 saturated heterocycles. The second kappa shape index (κ2) is 6.57. The number of hydrogen-bond acceptors (Lipinski definition) is 7. The molecule has 1 fully saturated rings. The normalized spacial score (nSPS) is 18.6. The SMILES string of the molecule is Cc1nc(C)c(SNc2cc(B3OC(C)(C)C(C)(C)O3)cnc2C)s1. The fourth-order valence-electron chi connectivity index (χ4n) is 2.47. The summed E-state index contributed by atoms with van der Waals surface area (Å²) < 4.78 is 16.8. The van der Waals surface area contributed by atoms with E-state index in [0.717, 1.165) is 31.8 Å². The van der Waals surface area contributed by atoms with E-state index in [-0.39, 0.29) is 11.2 Å². The van der Waals surface area contributed by atoms with Gasteiger partial charge in [-0.05, 0) is 66.5 Å². The van der Waals surface area contributed by atoms with Gasteiger partial charge < -0.3 is 14.0 Å². The van der Waals surface area contributed by atoms with Gasteiger partial charge in [0.05, 0.1) is 33.3 Å². The van der Waals surface area contributed by atoms with Crippen LogP contribution in [0.15, 0.2) is 16.5 Å². The van der Waals surface area contributed by atoms with E-state index in [1.165, 1.54) is 0 Å². The highest BCUT2D eigenvalue weighted by Gasteiger charge is 2.51. The molecule has 0 atom stereocenters. The Balaban J connectivity index is 1.78. The maximum absolute atomic E-state index is 6.13. The molecule has 8 heteroatoms. The first-order valence-corrected chi connectivity index (χ1v) is 9.91. The van der Waals surface area contributed by atoms with Crippen LogP contribution in [0.1, 0.15) is 44.1 Å². The summed E-state index contributed by atoms with van der Waals surface area (Å²) >= 11 is 3.26. The smallest absolute Gasteiger partial charge is 0.399 e. The third-order valence-corrected chi connectivity index (χ3v) is 6.92. The first kappa shape index (κ1) is 18.7. The zero-order valence-electron chi connectivity index (χ0n) is 15.8. The molecule has 2 aromatic heterocycles. The number of anilines is 1. The molecule has 1 N–H and O–H groups in total. The van der Waals surface area contributed by atoms with Gasteiger partial charge in [0.15, 0.2) is 0 Å². The first-order chi connectivity index (χ1) is 11.6. The molecule has 25 heavy (non-hydrogen) atoms. The highest BCUT2D eigenvalue weighted by molar-refractivity contribution is 8.02. The molecule has 0 spiro atoms. The van der Waals surface area contributed by atoms with Crippen LogP contribution in [0.5, 0.6) is 0 Å². The van der Waals surface area contributed by atoms with Crippen molar-refractivity contribution < 1.29 is 9.31 Å². The van der Waals surface area contributed by atoms with E-state index in [1.807, 2.05) is 27.0 Å². The summed E-state index contributed by atoms with van der Waals surface area (Å²) in [5, 5.41) is 1.07. The van der Waals surface area contributed by atoms with Gasteiger partial charge in [0.25, 0.3) is 0 Å². The third-order valence-electron chi connectivity index (χ3n) is 4.75. The maximum Gasteiger partial charge on any atom is 0.496 e. The molecule has 0 radical (unpaired) electrons. The van der Waals surface area contributed by atoms with Crippen LogP contribution in [0.4, 0.5) is 5.69 Å². The van der Waals surface area contributed by atoms with Gasteiger partial charge in [-0.15, -0.1) is 11.3 Å². The lowest BCUT2D eigenvalue weighted by Crippen LogP contribution is -2.41. The number of aromatic nitrogens is 2. The highest BCUT2D eigenvalue weighted by atomic mass is 32.2. The minimum absolute atomic E-state index is 0.359. The third kappa shape index (κ3) is 3.72. The average molecular weight is 377 g/mol. The molecule has 0 saturated carbocycles. The molecule has 0 bridgehead atoms. The van der Waals surface area contributed by atoms with Crippen molar-refractivity contribution in [3.05, 3.63) is 28.7 Å². The summed E-state index contributed by atoms with van der Waals surface area (Å²) in [5.74, 6) is 0. The monoisotopic (exact) mass is 377 g/mol. The lowest BCUT2D eigenvalue weighted by molar-refractivity contribution is 0.00578. The van der Waals surface area contributed by atoms with Crippen LogP contribution in [0.3, 0.4) is 0 Å². The molecule has 1 aliphatic heterocycles. The van der Waals surface area contributed by atoms with E-state index in [9.17, 15) is 0 Å². The van der Waals surface area contributed by atoms with E-state index in [2.05, 4.69) is 48.5 Å². The lowest BCUT2D eigenvalue weighted by Gasteiger charge is -2.32. The Morgan fingerprint density at radius 1 is 1.08 bits per heavy atom. The van der Waals surface area contributed by atoms with Gasteiger partial charge in [0.2, 0.25) is 0 Å². The molecule has 3 rings (SSSR count). The number of nitrogens with zero attached hydrogens (tertiary/aromatic N) is 2. The van der Waals surface area contributed by atoms with Crippen LogP contribution >= 0.6 is 23.3 Å². The van der Waals surface area contributed by atoms with Crippen molar-refractivity contribution >= 4 is 41.6 Å². The summed E-state index contributed by atoms with van der Waals surface area (Å²) in [5.41, 5.74) is 3.15. The van der Waals surface area contributed by atoms with Gasteiger partial charge in [0, 0.05) is 11.7 Å². The van der Waals surface area contributed by atoms with Crippen molar-refractivity contribution in [1.29, 1.82) is 0 Å². The van der Waals surface area contributed by atoms with Crippen LogP contribution in [0.2, 0.25) is 0 Å². The molecular weight excluding hydrogens is 353 g/mol. The average Bonchev–Trinajstić information content (AvgIpc) is 2.93. The fraction of sp³-hybridized carbons (Fsp3) is 0.529. The predicted molar refractivity (Wildman–Crippen MR) is 106 cm³/mol. The molecule has 0 aromatic carbocycles. The van der Waals surface area contributed by atoms with Gasteiger partial charge in [-0.1, -0.05) is 0 Å².